The highest BCUT2D eigenvalue weighted by atomic mass is 16.1. The maximum atomic E-state index is 13.2. The van der Waals surface area contributed by atoms with Crippen LogP contribution in [0.2, 0.25) is 0 Å². The maximum absolute atomic E-state index is 13.2. The lowest BCUT2D eigenvalue weighted by molar-refractivity contribution is 0.933. The number of nitrogens with one attached hydrogen (secondary N) is 1. The van der Waals surface area contributed by atoms with Gasteiger partial charge in [0.15, 0.2) is 0 Å². The second kappa shape index (κ2) is 7.19. The molecule has 4 heteroatoms. The van der Waals surface area contributed by atoms with Crippen LogP contribution in [0.1, 0.15) is 5.56 Å². The first kappa shape index (κ1) is 16.6. The second-order valence-electron chi connectivity index (χ2n) is 6.22. The monoisotopic (exact) mass is 351 g/mol. The summed E-state index contributed by atoms with van der Waals surface area (Å²) in [6.45, 7) is 0.737. The molecule has 0 bridgehead atoms. The van der Waals surface area contributed by atoms with Crippen molar-refractivity contribution < 1.29 is 0 Å². The number of hydrogen-bond donors (Lipinski definition) is 1. The van der Waals surface area contributed by atoms with E-state index in [1.165, 1.54) is 0 Å². The number of nitrogens with zero attached hydrogens (tertiary/aromatic N) is 2. The van der Waals surface area contributed by atoms with Gasteiger partial charge in [-0.25, -0.2) is 0 Å². The highest BCUT2D eigenvalue weighted by Gasteiger charge is 2.14. The fourth-order valence-electron chi connectivity index (χ4n) is 3.19. The number of hydrogen-bond acceptors (Lipinski definition) is 3. The predicted molar refractivity (Wildman–Crippen MR) is 108 cm³/mol. The van der Waals surface area contributed by atoms with Crippen molar-refractivity contribution in [1.29, 1.82) is 5.26 Å². The molecule has 1 N–H and O–H groups in total. The first-order valence-corrected chi connectivity index (χ1v) is 8.70. The molecule has 0 unspecified atom stereocenters. The zero-order chi connectivity index (χ0) is 18.6. The van der Waals surface area contributed by atoms with Gasteiger partial charge in [0.25, 0.3) is 5.56 Å². The average molecular weight is 351 g/mol. The van der Waals surface area contributed by atoms with E-state index in [1.807, 2.05) is 72.9 Å². The van der Waals surface area contributed by atoms with Crippen LogP contribution in [0.4, 0.5) is 0 Å². The molecule has 0 aliphatic carbocycles. The lowest BCUT2D eigenvalue weighted by atomic mass is 9.98. The average Bonchev–Trinajstić information content (AvgIpc) is 2.75. The standard InChI is InChI=1S/C23H17N3O/c24-14-18-9-4-5-11-21(18)19-13-22(17-7-2-1-3-8-17)23(27)26(16-19)20-10-6-12-25-15-20/h1-11,13,15-16,25H,12H2. The van der Waals surface area contributed by atoms with Gasteiger partial charge in [0.05, 0.1) is 17.3 Å². The minimum Gasteiger partial charge on any atom is -0.386 e. The molecule has 0 amide bonds. The number of dihydropyridines is 1. The summed E-state index contributed by atoms with van der Waals surface area (Å²) in [6, 6.07) is 21.1. The molecule has 130 valence electrons. The summed E-state index contributed by atoms with van der Waals surface area (Å²) >= 11 is 0. The highest BCUT2D eigenvalue weighted by molar-refractivity contribution is 5.77. The van der Waals surface area contributed by atoms with Crippen LogP contribution in [0, 0.1) is 11.3 Å². The number of rotatable bonds is 3. The van der Waals surface area contributed by atoms with Crippen LogP contribution >= 0.6 is 0 Å². The molecule has 0 fully saturated rings. The van der Waals surface area contributed by atoms with Crippen molar-refractivity contribution in [3.63, 3.8) is 0 Å². The van der Waals surface area contributed by atoms with E-state index in [9.17, 15) is 10.1 Å². The molecule has 0 radical (unpaired) electrons. The lowest BCUT2D eigenvalue weighted by Crippen LogP contribution is -2.23. The summed E-state index contributed by atoms with van der Waals surface area (Å²) in [5.74, 6) is 0. The third kappa shape index (κ3) is 3.19. The molecule has 0 atom stereocenters. The Morgan fingerprint density at radius 1 is 0.963 bits per heavy atom. The third-order valence-corrected chi connectivity index (χ3v) is 4.51. The van der Waals surface area contributed by atoms with E-state index in [0.717, 1.165) is 28.9 Å². The lowest BCUT2D eigenvalue weighted by Gasteiger charge is -2.16. The predicted octanol–water partition coefficient (Wildman–Crippen LogP) is 4.01. The quantitative estimate of drug-likeness (QED) is 0.776. The molecule has 1 aliphatic heterocycles. The molecule has 3 aromatic rings. The highest BCUT2D eigenvalue weighted by Crippen LogP contribution is 2.27. The summed E-state index contributed by atoms with van der Waals surface area (Å²) in [6.07, 6.45) is 7.52. The Morgan fingerprint density at radius 2 is 1.74 bits per heavy atom. The Labute approximate surface area is 157 Å². The number of aromatic nitrogens is 1. The molecular weight excluding hydrogens is 334 g/mol. The molecule has 27 heavy (non-hydrogen) atoms. The van der Waals surface area contributed by atoms with Crippen molar-refractivity contribution in [2.75, 3.05) is 6.54 Å². The van der Waals surface area contributed by atoms with E-state index in [1.54, 1.807) is 16.8 Å². The van der Waals surface area contributed by atoms with Gasteiger partial charge in [0.2, 0.25) is 0 Å². The van der Waals surface area contributed by atoms with Gasteiger partial charge >= 0.3 is 0 Å². The van der Waals surface area contributed by atoms with Crippen LogP contribution in [0.25, 0.3) is 28.0 Å². The Bertz CT molecular complexity index is 1150. The molecule has 2 aromatic carbocycles. The van der Waals surface area contributed by atoms with Gasteiger partial charge < -0.3 is 5.32 Å². The molecular formula is C23H17N3O. The summed E-state index contributed by atoms with van der Waals surface area (Å²) in [4.78, 5) is 13.2. The van der Waals surface area contributed by atoms with Gasteiger partial charge in [-0.15, -0.1) is 0 Å². The Balaban J connectivity index is 2.00. The molecule has 0 spiro atoms. The minimum absolute atomic E-state index is 0.0982. The van der Waals surface area contributed by atoms with Crippen molar-refractivity contribution >= 4 is 5.70 Å². The fourth-order valence-corrected chi connectivity index (χ4v) is 3.19. The Hall–Kier alpha value is -3.84. The summed E-state index contributed by atoms with van der Waals surface area (Å²) in [5, 5.41) is 12.6. The largest absolute Gasteiger partial charge is 0.386 e. The normalized spacial score (nSPS) is 12.8. The Kier molecular flexibility index (Phi) is 4.42. The van der Waals surface area contributed by atoms with Crippen LogP contribution in [0.3, 0.4) is 0 Å². The minimum atomic E-state index is -0.0982. The number of nitriles is 1. The van der Waals surface area contributed by atoms with Gasteiger partial charge in [0, 0.05) is 35.6 Å². The van der Waals surface area contributed by atoms with Gasteiger partial charge in [-0.1, -0.05) is 54.6 Å². The third-order valence-electron chi connectivity index (χ3n) is 4.51. The van der Waals surface area contributed by atoms with E-state index in [2.05, 4.69) is 11.4 Å². The van der Waals surface area contributed by atoms with Crippen LogP contribution < -0.4 is 10.9 Å². The van der Waals surface area contributed by atoms with E-state index in [4.69, 9.17) is 0 Å². The Morgan fingerprint density at radius 3 is 2.48 bits per heavy atom. The topological polar surface area (TPSA) is 57.8 Å². The van der Waals surface area contributed by atoms with E-state index < -0.39 is 0 Å². The first-order valence-electron chi connectivity index (χ1n) is 8.70. The molecule has 4 nitrogen and oxygen atoms in total. The van der Waals surface area contributed by atoms with Crippen LogP contribution in [0.15, 0.2) is 90.0 Å². The van der Waals surface area contributed by atoms with E-state index in [-0.39, 0.29) is 5.56 Å². The molecule has 1 aliphatic rings. The molecule has 2 heterocycles. The molecule has 4 rings (SSSR count). The van der Waals surface area contributed by atoms with Crippen molar-refractivity contribution in [2.24, 2.45) is 0 Å². The molecule has 0 saturated carbocycles. The molecule has 0 saturated heterocycles. The number of allylic oxidation sites excluding steroid dienone is 2. The number of pyridine rings is 1. The van der Waals surface area contributed by atoms with Crippen molar-refractivity contribution in [2.45, 2.75) is 0 Å². The summed E-state index contributed by atoms with van der Waals surface area (Å²) in [7, 11) is 0. The van der Waals surface area contributed by atoms with Crippen LogP contribution in [0.5, 0.6) is 0 Å². The van der Waals surface area contributed by atoms with Crippen molar-refractivity contribution in [3.05, 3.63) is 101 Å². The van der Waals surface area contributed by atoms with Crippen molar-refractivity contribution in [1.82, 2.24) is 9.88 Å². The summed E-state index contributed by atoms with van der Waals surface area (Å²) < 4.78 is 1.63. The van der Waals surface area contributed by atoms with Gasteiger partial charge in [-0.3, -0.25) is 9.36 Å². The maximum Gasteiger partial charge on any atom is 0.263 e. The van der Waals surface area contributed by atoms with E-state index in [0.29, 0.717) is 11.1 Å². The van der Waals surface area contributed by atoms with E-state index >= 15 is 0 Å². The van der Waals surface area contributed by atoms with Crippen LogP contribution in [-0.4, -0.2) is 11.1 Å². The first-order chi connectivity index (χ1) is 13.3. The SMILES string of the molecule is N#Cc1ccccc1-c1cc(-c2ccccc2)c(=O)n(C2=CNCC=C2)c1. The number of benzene rings is 2. The zero-order valence-corrected chi connectivity index (χ0v) is 14.6. The van der Waals surface area contributed by atoms with Crippen molar-refractivity contribution in [3.8, 4) is 28.3 Å². The fraction of sp³-hybridized carbons (Fsp3) is 0.0435. The van der Waals surface area contributed by atoms with Crippen LogP contribution in [-0.2, 0) is 0 Å². The molecule has 1 aromatic heterocycles. The van der Waals surface area contributed by atoms with Gasteiger partial charge in [-0.2, -0.15) is 5.26 Å². The van der Waals surface area contributed by atoms with Gasteiger partial charge in [0.1, 0.15) is 0 Å². The van der Waals surface area contributed by atoms with Gasteiger partial charge in [-0.05, 0) is 23.8 Å². The second-order valence-corrected chi connectivity index (χ2v) is 6.22. The summed E-state index contributed by atoms with van der Waals surface area (Å²) in [5.41, 5.74) is 4.32. The smallest absolute Gasteiger partial charge is 0.263 e. The zero-order valence-electron chi connectivity index (χ0n) is 14.6.